The molecule has 3 nitrogen and oxygen atoms in total. The summed E-state index contributed by atoms with van der Waals surface area (Å²) in [6.07, 6.45) is 6.69. The molecule has 1 aromatic carbocycles. The Balaban J connectivity index is 1.95. The average Bonchev–Trinajstić information content (AvgIpc) is 2.39. The van der Waals surface area contributed by atoms with Crippen molar-refractivity contribution >= 4 is 11.4 Å². The second-order valence-electron chi connectivity index (χ2n) is 4.80. The normalized spacial score (nSPS) is 16.4. The van der Waals surface area contributed by atoms with Crippen LogP contribution in [0.4, 0.5) is 11.4 Å². The van der Waals surface area contributed by atoms with Crippen molar-refractivity contribution in [2.45, 2.75) is 32.1 Å². The van der Waals surface area contributed by atoms with Gasteiger partial charge in [-0.3, -0.25) is 0 Å². The maximum absolute atomic E-state index is 8.85. The molecule has 2 rings (SSSR count). The van der Waals surface area contributed by atoms with Crippen molar-refractivity contribution in [1.82, 2.24) is 0 Å². The number of nitriles is 1. The van der Waals surface area contributed by atoms with E-state index >= 15 is 0 Å². The van der Waals surface area contributed by atoms with E-state index in [4.69, 9.17) is 11.0 Å². The highest BCUT2D eigenvalue weighted by atomic mass is 14.9. The summed E-state index contributed by atoms with van der Waals surface area (Å²) in [6, 6.07) is 7.51. The van der Waals surface area contributed by atoms with Crippen LogP contribution in [0.1, 0.15) is 37.7 Å². The number of nitrogens with one attached hydrogen (secondary N) is 1. The summed E-state index contributed by atoms with van der Waals surface area (Å²) in [7, 11) is 0. The van der Waals surface area contributed by atoms with Gasteiger partial charge in [-0.15, -0.1) is 0 Å². The van der Waals surface area contributed by atoms with Crippen LogP contribution in [0.5, 0.6) is 0 Å². The molecular weight excluding hydrogens is 210 g/mol. The van der Waals surface area contributed by atoms with Crippen LogP contribution in [-0.4, -0.2) is 6.54 Å². The van der Waals surface area contributed by atoms with Crippen LogP contribution in [0, 0.1) is 17.2 Å². The van der Waals surface area contributed by atoms with Gasteiger partial charge in [0.05, 0.1) is 23.0 Å². The largest absolute Gasteiger partial charge is 0.397 e. The first kappa shape index (κ1) is 11.8. The van der Waals surface area contributed by atoms with Gasteiger partial charge in [-0.2, -0.15) is 5.26 Å². The lowest BCUT2D eigenvalue weighted by atomic mass is 9.89. The van der Waals surface area contributed by atoms with Crippen LogP contribution in [0.15, 0.2) is 18.2 Å². The fourth-order valence-corrected chi connectivity index (χ4v) is 2.42. The van der Waals surface area contributed by atoms with Crippen molar-refractivity contribution in [3.63, 3.8) is 0 Å². The minimum absolute atomic E-state index is 0.658. The van der Waals surface area contributed by atoms with Crippen molar-refractivity contribution in [3.05, 3.63) is 23.8 Å². The van der Waals surface area contributed by atoms with Gasteiger partial charge in [0.1, 0.15) is 0 Å². The highest BCUT2D eigenvalue weighted by molar-refractivity contribution is 5.68. The van der Waals surface area contributed by atoms with Gasteiger partial charge in [0.2, 0.25) is 0 Å². The molecule has 3 N–H and O–H groups in total. The molecule has 1 aliphatic rings. The third kappa shape index (κ3) is 3.13. The molecule has 0 spiro atoms. The summed E-state index contributed by atoms with van der Waals surface area (Å²) in [5.41, 5.74) is 8.17. The van der Waals surface area contributed by atoms with E-state index in [1.165, 1.54) is 32.1 Å². The van der Waals surface area contributed by atoms with Crippen LogP contribution in [-0.2, 0) is 0 Å². The van der Waals surface area contributed by atoms with E-state index in [9.17, 15) is 0 Å². The highest BCUT2D eigenvalue weighted by Gasteiger charge is 2.13. The van der Waals surface area contributed by atoms with Crippen LogP contribution < -0.4 is 11.1 Å². The summed E-state index contributed by atoms with van der Waals surface area (Å²) in [6.45, 7) is 0.971. The zero-order valence-electron chi connectivity index (χ0n) is 10.1. The van der Waals surface area contributed by atoms with E-state index in [-0.39, 0.29) is 0 Å². The first-order valence-electron chi connectivity index (χ1n) is 6.33. The minimum atomic E-state index is 0.658. The number of nitrogen functional groups attached to an aromatic ring is 1. The molecule has 1 saturated carbocycles. The second kappa shape index (κ2) is 5.58. The van der Waals surface area contributed by atoms with Crippen LogP contribution in [0.25, 0.3) is 0 Å². The Hall–Kier alpha value is -1.69. The number of nitrogens with two attached hydrogens (primary N) is 1. The molecule has 0 amide bonds. The summed E-state index contributed by atoms with van der Waals surface area (Å²) in [5.74, 6) is 0.758. The fraction of sp³-hybridized carbons (Fsp3) is 0.500. The molecule has 17 heavy (non-hydrogen) atoms. The smallest absolute Gasteiger partial charge is 0.0992 e. The Kier molecular flexibility index (Phi) is 3.87. The van der Waals surface area contributed by atoms with E-state index in [0.717, 1.165) is 23.8 Å². The predicted molar refractivity (Wildman–Crippen MR) is 70.6 cm³/mol. The Morgan fingerprint density at radius 3 is 2.76 bits per heavy atom. The number of hydrogen-bond donors (Lipinski definition) is 2. The van der Waals surface area contributed by atoms with Crippen LogP contribution >= 0.6 is 0 Å². The molecule has 0 bridgehead atoms. The van der Waals surface area contributed by atoms with Gasteiger partial charge in [-0.05, 0) is 37.0 Å². The van der Waals surface area contributed by atoms with Crippen molar-refractivity contribution in [2.75, 3.05) is 17.6 Å². The van der Waals surface area contributed by atoms with Gasteiger partial charge in [0.25, 0.3) is 0 Å². The third-order valence-electron chi connectivity index (χ3n) is 3.49. The van der Waals surface area contributed by atoms with E-state index in [1.807, 2.05) is 6.07 Å². The molecule has 0 saturated heterocycles. The Morgan fingerprint density at radius 2 is 2.06 bits per heavy atom. The maximum Gasteiger partial charge on any atom is 0.0992 e. The first-order valence-corrected chi connectivity index (χ1v) is 6.33. The SMILES string of the molecule is N#Cc1ccc(N)c(NCC2CCCCC2)c1. The van der Waals surface area contributed by atoms with Gasteiger partial charge in [0, 0.05) is 6.54 Å². The molecule has 1 fully saturated rings. The number of nitrogens with zero attached hydrogens (tertiary/aromatic N) is 1. The van der Waals surface area contributed by atoms with Crippen LogP contribution in [0.2, 0.25) is 0 Å². The Labute approximate surface area is 103 Å². The molecule has 0 heterocycles. The van der Waals surface area contributed by atoms with Crippen molar-refractivity contribution in [3.8, 4) is 6.07 Å². The van der Waals surface area contributed by atoms with Crippen molar-refractivity contribution in [2.24, 2.45) is 5.92 Å². The minimum Gasteiger partial charge on any atom is -0.397 e. The van der Waals surface area contributed by atoms with Gasteiger partial charge < -0.3 is 11.1 Å². The third-order valence-corrected chi connectivity index (χ3v) is 3.49. The second-order valence-corrected chi connectivity index (χ2v) is 4.80. The molecular formula is C14H19N3. The summed E-state index contributed by atoms with van der Waals surface area (Å²) < 4.78 is 0. The molecule has 1 aliphatic carbocycles. The van der Waals surface area contributed by atoms with E-state index in [1.54, 1.807) is 12.1 Å². The molecule has 1 aromatic rings. The number of hydrogen-bond acceptors (Lipinski definition) is 3. The van der Waals surface area contributed by atoms with Crippen LogP contribution in [0.3, 0.4) is 0 Å². The van der Waals surface area contributed by atoms with E-state index in [2.05, 4.69) is 11.4 Å². The monoisotopic (exact) mass is 229 g/mol. The summed E-state index contributed by atoms with van der Waals surface area (Å²) in [5, 5.41) is 12.2. The molecule has 0 aromatic heterocycles. The van der Waals surface area contributed by atoms with Gasteiger partial charge in [-0.1, -0.05) is 19.3 Å². The molecule has 3 heteroatoms. The fourth-order valence-electron chi connectivity index (χ4n) is 2.42. The maximum atomic E-state index is 8.85. The molecule has 0 aliphatic heterocycles. The molecule has 0 unspecified atom stereocenters. The molecule has 90 valence electrons. The van der Waals surface area contributed by atoms with Crippen molar-refractivity contribution < 1.29 is 0 Å². The van der Waals surface area contributed by atoms with Gasteiger partial charge >= 0.3 is 0 Å². The molecule has 0 radical (unpaired) electrons. The number of rotatable bonds is 3. The van der Waals surface area contributed by atoms with Crippen molar-refractivity contribution in [1.29, 1.82) is 5.26 Å². The zero-order valence-corrected chi connectivity index (χ0v) is 10.1. The standard InChI is InChI=1S/C14H19N3/c15-9-12-6-7-13(16)14(8-12)17-10-11-4-2-1-3-5-11/h6-8,11,17H,1-5,10,16H2. The average molecular weight is 229 g/mol. The Morgan fingerprint density at radius 1 is 1.29 bits per heavy atom. The number of anilines is 2. The lowest BCUT2D eigenvalue weighted by molar-refractivity contribution is 0.373. The summed E-state index contributed by atoms with van der Waals surface area (Å²) in [4.78, 5) is 0. The van der Waals surface area contributed by atoms with Gasteiger partial charge in [-0.25, -0.2) is 0 Å². The molecule has 0 atom stereocenters. The van der Waals surface area contributed by atoms with Gasteiger partial charge in [0.15, 0.2) is 0 Å². The zero-order chi connectivity index (χ0) is 12.1. The lowest BCUT2D eigenvalue weighted by Crippen LogP contribution is -2.17. The van der Waals surface area contributed by atoms with E-state index in [0.29, 0.717) is 5.56 Å². The summed E-state index contributed by atoms with van der Waals surface area (Å²) >= 11 is 0. The highest BCUT2D eigenvalue weighted by Crippen LogP contribution is 2.25. The van der Waals surface area contributed by atoms with E-state index < -0.39 is 0 Å². The topological polar surface area (TPSA) is 61.8 Å². The first-order chi connectivity index (χ1) is 8.29. The lowest BCUT2D eigenvalue weighted by Gasteiger charge is -2.22. The Bertz CT molecular complexity index is 414. The quantitative estimate of drug-likeness (QED) is 0.783. The predicted octanol–water partition coefficient (Wildman–Crippen LogP) is 3.13. The number of benzene rings is 1.